The molecule has 2 aromatic rings. The lowest BCUT2D eigenvalue weighted by molar-refractivity contribution is -0.152. The molecule has 2 bridgehead atoms. The van der Waals surface area contributed by atoms with Crippen molar-refractivity contribution in [3.8, 4) is 0 Å². The van der Waals surface area contributed by atoms with E-state index >= 15 is 0 Å². The first-order chi connectivity index (χ1) is 23.6. The third-order valence-corrected chi connectivity index (χ3v) is 10.8. The van der Waals surface area contributed by atoms with Gasteiger partial charge in [0.25, 0.3) is 0 Å². The fraction of sp³-hybridized carbons (Fsp3) is 0.474. The number of ether oxygens (including phenoxy) is 2. The molecule has 1 spiro atoms. The molecular formula is C38H46BrN3O7. The molecule has 3 heterocycles. The number of aliphatic hydroxyl groups excluding tert-OH is 1. The summed E-state index contributed by atoms with van der Waals surface area (Å²) in [5.74, 6) is -3.67. The zero-order chi connectivity index (χ0) is 35.3. The lowest BCUT2D eigenvalue weighted by atomic mass is 9.70. The number of allylic oxidation sites excluding steroid dienone is 1. The second kappa shape index (κ2) is 15.8. The molecule has 10 nitrogen and oxygen atoms in total. The quantitative estimate of drug-likeness (QED) is 0.149. The van der Waals surface area contributed by atoms with E-state index in [9.17, 15) is 24.3 Å². The molecule has 2 aromatic carbocycles. The number of carbonyl (C=O) groups excluding carboxylic acids is 4. The van der Waals surface area contributed by atoms with Crippen molar-refractivity contribution >= 4 is 39.6 Å². The zero-order valence-electron chi connectivity index (χ0n) is 28.1. The highest BCUT2D eigenvalue weighted by Gasteiger charge is 2.77. The molecule has 8 atom stereocenters. The van der Waals surface area contributed by atoms with E-state index in [2.05, 4.69) is 34.4 Å². The fourth-order valence-corrected chi connectivity index (χ4v) is 8.57. The van der Waals surface area contributed by atoms with E-state index in [0.717, 1.165) is 11.1 Å². The molecule has 3 aliphatic rings. The molecule has 262 valence electrons. The molecule has 2 N–H and O–H groups in total. The predicted molar refractivity (Wildman–Crippen MR) is 188 cm³/mol. The zero-order valence-corrected chi connectivity index (χ0v) is 29.7. The SMILES string of the molecule is C=CCCC(=O)OC[C@H](NC(=O)[C@@H]1[C@H]2O[C@@]3(CC2Br)[C@H](C(=O)N(CC=C)Cc2ccccc2)N([C@@H](CO)C(C)C)C(=O)[C@@H]13)c1ccccc1. The van der Waals surface area contributed by atoms with Crippen LogP contribution in [0.1, 0.15) is 50.3 Å². The second-order valence-corrected chi connectivity index (χ2v) is 14.6. The van der Waals surface area contributed by atoms with E-state index in [1.807, 2.05) is 74.5 Å². The van der Waals surface area contributed by atoms with Crippen LogP contribution in [-0.4, -0.2) is 87.0 Å². The van der Waals surface area contributed by atoms with Gasteiger partial charge in [-0.05, 0) is 29.9 Å². The molecule has 0 radical (unpaired) electrons. The molecule has 5 rings (SSSR count). The number of benzene rings is 2. The maximum Gasteiger partial charge on any atom is 0.306 e. The molecule has 0 aromatic heterocycles. The standard InChI is InChI=1S/C38H46BrN3O7/c1-5-7-18-30(44)48-23-28(26-16-12-9-13-17-26)40-35(45)31-32-36(46)42(29(22-43)24(3)4)34(38(32)20-27(39)33(31)49-38)37(47)41(19-6-2)21-25-14-10-8-11-15-25/h5-6,8-17,24,27-29,31-34,43H,1-2,7,18-23H2,3-4H3,(H,40,45)/t27?,28-,29-,31-,32+,33-,34-,38+/m0/s1. The summed E-state index contributed by atoms with van der Waals surface area (Å²) in [5, 5.41) is 13.7. The Morgan fingerprint density at radius 1 is 1.12 bits per heavy atom. The van der Waals surface area contributed by atoms with Crippen LogP contribution < -0.4 is 5.32 Å². The average molecular weight is 737 g/mol. The number of aliphatic hydroxyl groups is 1. The van der Waals surface area contributed by atoms with Crippen LogP contribution >= 0.6 is 15.9 Å². The number of amides is 3. The van der Waals surface area contributed by atoms with Crippen LogP contribution in [0.15, 0.2) is 86.0 Å². The normalized spacial score (nSPS) is 26.6. The molecule has 3 aliphatic heterocycles. The fourth-order valence-electron chi connectivity index (χ4n) is 7.63. The Hall–Kier alpha value is -3.80. The lowest BCUT2D eigenvalue weighted by Crippen LogP contribution is -2.59. The van der Waals surface area contributed by atoms with Crippen LogP contribution in [0.5, 0.6) is 0 Å². The van der Waals surface area contributed by atoms with E-state index in [-0.39, 0.29) is 49.4 Å². The van der Waals surface area contributed by atoms with E-state index < -0.39 is 59.5 Å². The van der Waals surface area contributed by atoms with Crippen molar-refractivity contribution < 1.29 is 33.8 Å². The van der Waals surface area contributed by atoms with Gasteiger partial charge in [0.05, 0.1) is 36.6 Å². The van der Waals surface area contributed by atoms with Crippen LogP contribution in [0.4, 0.5) is 0 Å². The van der Waals surface area contributed by atoms with Crippen molar-refractivity contribution in [1.82, 2.24) is 15.1 Å². The summed E-state index contributed by atoms with van der Waals surface area (Å²) in [6.07, 6.45) is 3.56. The van der Waals surface area contributed by atoms with Gasteiger partial charge < -0.3 is 29.7 Å². The van der Waals surface area contributed by atoms with E-state index in [1.165, 1.54) is 4.90 Å². The Balaban J connectivity index is 1.50. The molecule has 0 aliphatic carbocycles. The third kappa shape index (κ3) is 7.25. The van der Waals surface area contributed by atoms with Gasteiger partial charge in [-0.25, -0.2) is 0 Å². The lowest BCUT2D eigenvalue weighted by Gasteiger charge is -2.40. The minimum Gasteiger partial charge on any atom is -0.463 e. The predicted octanol–water partition coefficient (Wildman–Crippen LogP) is 4.33. The van der Waals surface area contributed by atoms with Crippen molar-refractivity contribution in [3.63, 3.8) is 0 Å². The van der Waals surface area contributed by atoms with Gasteiger partial charge in [-0.1, -0.05) is 103 Å². The first-order valence-corrected chi connectivity index (χ1v) is 17.8. The van der Waals surface area contributed by atoms with E-state index in [4.69, 9.17) is 9.47 Å². The Kier molecular flexibility index (Phi) is 11.8. The number of alkyl halides is 1. The van der Waals surface area contributed by atoms with Gasteiger partial charge in [0, 0.05) is 24.3 Å². The maximum absolute atomic E-state index is 14.8. The first kappa shape index (κ1) is 36.5. The van der Waals surface area contributed by atoms with Gasteiger partial charge >= 0.3 is 5.97 Å². The summed E-state index contributed by atoms with van der Waals surface area (Å²) >= 11 is 3.74. The van der Waals surface area contributed by atoms with Crippen LogP contribution in [-0.2, 0) is 35.2 Å². The molecular weight excluding hydrogens is 690 g/mol. The van der Waals surface area contributed by atoms with Gasteiger partial charge in [-0.2, -0.15) is 0 Å². The molecule has 49 heavy (non-hydrogen) atoms. The summed E-state index contributed by atoms with van der Waals surface area (Å²) in [4.78, 5) is 59.1. The Morgan fingerprint density at radius 2 is 1.80 bits per heavy atom. The monoisotopic (exact) mass is 735 g/mol. The Morgan fingerprint density at radius 3 is 2.41 bits per heavy atom. The molecule has 3 saturated heterocycles. The molecule has 3 amide bonds. The number of esters is 1. The summed E-state index contributed by atoms with van der Waals surface area (Å²) in [6, 6.07) is 16.3. The van der Waals surface area contributed by atoms with Crippen molar-refractivity contribution in [2.75, 3.05) is 19.8 Å². The summed E-state index contributed by atoms with van der Waals surface area (Å²) in [7, 11) is 0. The third-order valence-electron chi connectivity index (χ3n) is 9.94. The largest absolute Gasteiger partial charge is 0.463 e. The highest BCUT2D eigenvalue weighted by Crippen LogP contribution is 2.60. The van der Waals surface area contributed by atoms with E-state index in [1.54, 1.807) is 17.1 Å². The minimum atomic E-state index is -1.31. The van der Waals surface area contributed by atoms with Crippen LogP contribution in [0.25, 0.3) is 0 Å². The summed E-state index contributed by atoms with van der Waals surface area (Å²) < 4.78 is 12.3. The highest BCUT2D eigenvalue weighted by molar-refractivity contribution is 9.09. The van der Waals surface area contributed by atoms with Gasteiger partial charge in [0.1, 0.15) is 18.2 Å². The maximum atomic E-state index is 14.8. The van der Waals surface area contributed by atoms with Crippen molar-refractivity contribution in [3.05, 3.63) is 97.1 Å². The number of halogens is 1. The number of likely N-dealkylation sites (tertiary alicyclic amines) is 1. The number of nitrogens with zero attached hydrogens (tertiary/aromatic N) is 2. The Bertz CT molecular complexity index is 1520. The highest BCUT2D eigenvalue weighted by atomic mass is 79.9. The van der Waals surface area contributed by atoms with Crippen LogP contribution in [0, 0.1) is 17.8 Å². The van der Waals surface area contributed by atoms with Crippen LogP contribution in [0.2, 0.25) is 0 Å². The van der Waals surface area contributed by atoms with E-state index in [0.29, 0.717) is 12.8 Å². The summed E-state index contributed by atoms with van der Waals surface area (Å²) in [5.41, 5.74) is 0.331. The Labute approximate surface area is 296 Å². The topological polar surface area (TPSA) is 125 Å². The van der Waals surface area contributed by atoms with Gasteiger partial charge in [0.2, 0.25) is 17.7 Å². The molecule has 3 fully saturated rings. The van der Waals surface area contributed by atoms with Crippen molar-refractivity contribution in [1.29, 1.82) is 0 Å². The number of nitrogens with one attached hydrogen (secondary N) is 1. The van der Waals surface area contributed by atoms with Gasteiger partial charge in [-0.3, -0.25) is 19.2 Å². The van der Waals surface area contributed by atoms with Crippen molar-refractivity contribution in [2.24, 2.45) is 17.8 Å². The smallest absolute Gasteiger partial charge is 0.306 e. The number of hydrogen-bond acceptors (Lipinski definition) is 7. The average Bonchev–Trinajstić information content (AvgIpc) is 3.69. The minimum absolute atomic E-state index is 0.103. The number of hydrogen-bond donors (Lipinski definition) is 2. The number of rotatable bonds is 16. The van der Waals surface area contributed by atoms with Gasteiger partial charge in [0.15, 0.2) is 0 Å². The van der Waals surface area contributed by atoms with Crippen LogP contribution in [0.3, 0.4) is 0 Å². The molecule has 11 heteroatoms. The summed E-state index contributed by atoms with van der Waals surface area (Å²) in [6.45, 7) is 11.4. The second-order valence-electron chi connectivity index (χ2n) is 13.4. The molecule has 0 saturated carbocycles. The first-order valence-electron chi connectivity index (χ1n) is 16.9. The van der Waals surface area contributed by atoms with Crippen molar-refractivity contribution in [2.45, 2.75) is 74.3 Å². The molecule has 1 unspecified atom stereocenters. The van der Waals surface area contributed by atoms with Gasteiger partial charge in [-0.15, -0.1) is 13.2 Å². The number of fused-ring (bicyclic) bond motifs is 1. The number of carbonyl (C=O) groups is 4.